The van der Waals surface area contributed by atoms with Gasteiger partial charge in [0.25, 0.3) is 0 Å². The maximum Gasteiger partial charge on any atom is 0.247 e. The smallest absolute Gasteiger partial charge is 0.247 e. The van der Waals surface area contributed by atoms with Gasteiger partial charge in [0.2, 0.25) is 5.91 Å². The zero-order valence-corrected chi connectivity index (χ0v) is 19.4. The SMILES string of the molecule is COC1CN(c2ccc(NC(=O)C(NCC(C)c3ccc(C#N)cc3)c3ccccc3)nc2)C1. The van der Waals surface area contributed by atoms with Crippen molar-refractivity contribution in [2.75, 3.05) is 37.0 Å². The Kier molecular flexibility index (Phi) is 7.53. The van der Waals surface area contributed by atoms with Crippen LogP contribution in [0.2, 0.25) is 0 Å². The number of nitriles is 1. The summed E-state index contributed by atoms with van der Waals surface area (Å²) >= 11 is 0. The number of pyridine rings is 1. The maximum absolute atomic E-state index is 13.2. The Morgan fingerprint density at radius 3 is 2.47 bits per heavy atom. The van der Waals surface area contributed by atoms with E-state index < -0.39 is 6.04 Å². The number of anilines is 2. The average Bonchev–Trinajstić information content (AvgIpc) is 2.85. The normalized spacial score (nSPS) is 15.1. The van der Waals surface area contributed by atoms with Crippen LogP contribution in [-0.4, -0.2) is 43.7 Å². The van der Waals surface area contributed by atoms with Crippen molar-refractivity contribution < 1.29 is 9.53 Å². The molecule has 7 heteroatoms. The summed E-state index contributed by atoms with van der Waals surface area (Å²) in [6.45, 7) is 4.39. The van der Waals surface area contributed by atoms with E-state index in [1.165, 1.54) is 0 Å². The predicted molar refractivity (Wildman–Crippen MR) is 133 cm³/mol. The van der Waals surface area contributed by atoms with E-state index in [-0.39, 0.29) is 17.9 Å². The van der Waals surface area contributed by atoms with E-state index in [4.69, 9.17) is 10.00 Å². The van der Waals surface area contributed by atoms with Crippen molar-refractivity contribution in [3.05, 3.63) is 89.6 Å². The van der Waals surface area contributed by atoms with Gasteiger partial charge in [0, 0.05) is 26.7 Å². The number of aromatic nitrogens is 1. The first-order valence-electron chi connectivity index (χ1n) is 11.4. The van der Waals surface area contributed by atoms with E-state index in [9.17, 15) is 4.79 Å². The minimum atomic E-state index is -0.527. The van der Waals surface area contributed by atoms with E-state index in [0.717, 1.165) is 29.9 Å². The Labute approximate surface area is 200 Å². The summed E-state index contributed by atoms with van der Waals surface area (Å²) in [6, 6.07) is 22.6. The fourth-order valence-corrected chi connectivity index (χ4v) is 3.95. The predicted octanol–water partition coefficient (Wildman–Crippen LogP) is 3.86. The molecule has 0 spiro atoms. The van der Waals surface area contributed by atoms with Crippen LogP contribution in [0.3, 0.4) is 0 Å². The van der Waals surface area contributed by atoms with Gasteiger partial charge in [-0.3, -0.25) is 4.79 Å². The van der Waals surface area contributed by atoms with Crippen molar-refractivity contribution in [1.82, 2.24) is 10.3 Å². The van der Waals surface area contributed by atoms with Crippen LogP contribution >= 0.6 is 0 Å². The van der Waals surface area contributed by atoms with Crippen LogP contribution in [0.15, 0.2) is 72.9 Å². The Morgan fingerprint density at radius 1 is 1.12 bits per heavy atom. The lowest BCUT2D eigenvalue weighted by Gasteiger charge is -2.39. The maximum atomic E-state index is 13.2. The number of nitrogens with one attached hydrogen (secondary N) is 2. The quantitative estimate of drug-likeness (QED) is 0.509. The fourth-order valence-electron chi connectivity index (χ4n) is 3.95. The molecule has 2 heterocycles. The van der Waals surface area contributed by atoms with Crippen molar-refractivity contribution in [3.63, 3.8) is 0 Å². The molecule has 0 bridgehead atoms. The van der Waals surface area contributed by atoms with E-state index in [1.807, 2.05) is 66.7 Å². The van der Waals surface area contributed by atoms with Crippen molar-refractivity contribution in [2.45, 2.75) is 25.0 Å². The summed E-state index contributed by atoms with van der Waals surface area (Å²) in [6.07, 6.45) is 2.04. The van der Waals surface area contributed by atoms with Crippen LogP contribution in [0, 0.1) is 11.3 Å². The van der Waals surface area contributed by atoms with Crippen LogP contribution in [0.25, 0.3) is 0 Å². The van der Waals surface area contributed by atoms with Gasteiger partial charge in [-0.1, -0.05) is 49.4 Å². The molecule has 34 heavy (non-hydrogen) atoms. The van der Waals surface area contributed by atoms with Gasteiger partial charge in [-0.2, -0.15) is 5.26 Å². The highest BCUT2D eigenvalue weighted by Gasteiger charge is 2.27. The van der Waals surface area contributed by atoms with E-state index in [0.29, 0.717) is 17.9 Å². The average molecular weight is 456 g/mol. The second-order valence-corrected chi connectivity index (χ2v) is 8.54. The molecule has 2 atom stereocenters. The molecule has 2 N–H and O–H groups in total. The molecule has 2 unspecified atom stereocenters. The molecule has 4 rings (SSSR count). The van der Waals surface area contributed by atoms with Crippen LogP contribution in [0.5, 0.6) is 0 Å². The number of rotatable bonds is 9. The molecule has 1 aromatic heterocycles. The van der Waals surface area contributed by atoms with Gasteiger partial charge in [0.05, 0.1) is 29.6 Å². The van der Waals surface area contributed by atoms with Crippen LogP contribution in [0.4, 0.5) is 11.5 Å². The lowest BCUT2D eigenvalue weighted by atomic mass is 9.98. The number of hydrogen-bond acceptors (Lipinski definition) is 6. The molecule has 1 aliphatic heterocycles. The summed E-state index contributed by atoms with van der Waals surface area (Å²) in [5.41, 5.74) is 3.64. The van der Waals surface area contributed by atoms with Gasteiger partial charge in [0.1, 0.15) is 11.9 Å². The number of hydrogen-bond donors (Lipinski definition) is 2. The van der Waals surface area contributed by atoms with Gasteiger partial charge in [-0.25, -0.2) is 4.98 Å². The van der Waals surface area contributed by atoms with Crippen LogP contribution < -0.4 is 15.5 Å². The summed E-state index contributed by atoms with van der Waals surface area (Å²) in [5.74, 6) is 0.513. The summed E-state index contributed by atoms with van der Waals surface area (Å²) in [5, 5.41) is 15.4. The highest BCUT2D eigenvalue weighted by atomic mass is 16.5. The van der Waals surface area contributed by atoms with Crippen LogP contribution in [0.1, 0.15) is 35.6 Å². The molecule has 0 radical (unpaired) electrons. The fraction of sp³-hybridized carbons (Fsp3) is 0.296. The highest BCUT2D eigenvalue weighted by Crippen LogP contribution is 2.23. The first-order chi connectivity index (χ1) is 16.6. The minimum Gasteiger partial charge on any atom is -0.378 e. The molecule has 1 fully saturated rings. The standard InChI is InChI=1S/C27H29N5O2/c1-19(21-10-8-20(14-28)9-11-21)15-30-26(22-6-4-3-5-7-22)27(33)31-25-13-12-23(16-29-25)32-17-24(18-32)34-2/h3-13,16,19,24,26,30H,15,17-18H2,1-2H3,(H,29,31,33). The van der Waals surface area contributed by atoms with E-state index in [1.54, 1.807) is 13.3 Å². The zero-order valence-electron chi connectivity index (χ0n) is 19.4. The molecule has 1 saturated heterocycles. The second-order valence-electron chi connectivity index (χ2n) is 8.54. The van der Waals surface area contributed by atoms with Gasteiger partial charge >= 0.3 is 0 Å². The monoisotopic (exact) mass is 455 g/mol. The minimum absolute atomic E-state index is 0.164. The molecule has 174 valence electrons. The highest BCUT2D eigenvalue weighted by molar-refractivity contribution is 5.94. The number of amides is 1. The number of methoxy groups -OCH3 is 1. The summed E-state index contributed by atoms with van der Waals surface area (Å²) in [4.78, 5) is 19.9. The number of nitrogens with zero attached hydrogens (tertiary/aromatic N) is 3. The van der Waals surface area contributed by atoms with E-state index >= 15 is 0 Å². The number of benzene rings is 2. The van der Waals surface area contributed by atoms with Gasteiger partial charge in [0.15, 0.2) is 0 Å². The number of ether oxygens (including phenoxy) is 1. The molecular formula is C27H29N5O2. The number of carbonyl (C=O) groups is 1. The zero-order chi connectivity index (χ0) is 23.9. The lowest BCUT2D eigenvalue weighted by Crippen LogP contribution is -2.51. The molecule has 0 aliphatic carbocycles. The Balaban J connectivity index is 1.41. The Hall–Kier alpha value is -3.73. The number of carbonyl (C=O) groups excluding carboxylic acids is 1. The van der Waals surface area contributed by atoms with Gasteiger partial charge in [-0.15, -0.1) is 0 Å². The summed E-state index contributed by atoms with van der Waals surface area (Å²) in [7, 11) is 1.72. The topological polar surface area (TPSA) is 90.3 Å². The summed E-state index contributed by atoms with van der Waals surface area (Å²) < 4.78 is 5.32. The van der Waals surface area contributed by atoms with Crippen molar-refractivity contribution >= 4 is 17.4 Å². The Bertz CT molecular complexity index is 1120. The first kappa shape index (κ1) is 23.4. The third kappa shape index (κ3) is 5.60. The molecule has 2 aromatic carbocycles. The van der Waals surface area contributed by atoms with Gasteiger partial charge < -0.3 is 20.3 Å². The third-order valence-corrected chi connectivity index (χ3v) is 6.18. The molecule has 0 saturated carbocycles. The van der Waals surface area contributed by atoms with Crippen LogP contribution in [-0.2, 0) is 9.53 Å². The second kappa shape index (κ2) is 10.9. The Morgan fingerprint density at radius 2 is 1.85 bits per heavy atom. The first-order valence-corrected chi connectivity index (χ1v) is 11.4. The van der Waals surface area contributed by atoms with Crippen molar-refractivity contribution in [2.24, 2.45) is 0 Å². The largest absolute Gasteiger partial charge is 0.378 e. The van der Waals surface area contributed by atoms with Crippen molar-refractivity contribution in [3.8, 4) is 6.07 Å². The molecule has 1 amide bonds. The van der Waals surface area contributed by atoms with E-state index in [2.05, 4.69) is 33.5 Å². The lowest BCUT2D eigenvalue weighted by molar-refractivity contribution is -0.118. The van der Waals surface area contributed by atoms with Gasteiger partial charge in [-0.05, 0) is 41.3 Å². The van der Waals surface area contributed by atoms with Crippen molar-refractivity contribution in [1.29, 1.82) is 5.26 Å². The molecule has 1 aliphatic rings. The molecule has 3 aromatic rings. The molecule has 7 nitrogen and oxygen atoms in total. The third-order valence-electron chi connectivity index (χ3n) is 6.18. The molecular weight excluding hydrogens is 426 g/mol.